The van der Waals surface area contributed by atoms with E-state index in [-0.39, 0.29) is 13.2 Å². The molecule has 1 heterocycles. The van der Waals surface area contributed by atoms with Gasteiger partial charge >= 0.3 is 5.97 Å². The third kappa shape index (κ3) is 4.17. The van der Waals surface area contributed by atoms with Gasteiger partial charge in [0.05, 0.1) is 12.2 Å². The van der Waals surface area contributed by atoms with Crippen LogP contribution in [0, 0.1) is 0 Å². The van der Waals surface area contributed by atoms with Gasteiger partial charge in [0, 0.05) is 33.8 Å². The standard InChI is InChI=1S/C29H23NO4/c1-19-11-13-24-26(17-19)34-27-18-21(30-20-7-3-2-4-8-20)12-14-25(27)28(24)22-9-5-6-10-23(22)29(32)33-16-15-31/h2-14,17-18,30-31H,1,15-16H2. The number of carbonyl (C=O) groups is 1. The molecule has 5 heteroatoms. The van der Waals surface area contributed by atoms with Gasteiger partial charge in [-0.05, 0) is 47.2 Å². The Balaban J connectivity index is 1.67. The summed E-state index contributed by atoms with van der Waals surface area (Å²) in [4.78, 5) is 12.8. The van der Waals surface area contributed by atoms with Crippen LogP contribution in [0.2, 0.25) is 0 Å². The van der Waals surface area contributed by atoms with Gasteiger partial charge in [-0.2, -0.15) is 0 Å². The molecule has 5 nitrogen and oxygen atoms in total. The lowest BCUT2D eigenvalue weighted by atomic mass is 9.89. The van der Waals surface area contributed by atoms with E-state index in [2.05, 4.69) is 11.9 Å². The molecule has 0 unspecified atom stereocenters. The zero-order valence-corrected chi connectivity index (χ0v) is 18.5. The minimum atomic E-state index is -0.483. The minimum Gasteiger partial charge on any atom is -0.460 e. The number of para-hydroxylation sites is 1. The first-order valence-corrected chi connectivity index (χ1v) is 11.0. The highest BCUT2D eigenvalue weighted by Gasteiger charge is 2.24. The fourth-order valence-electron chi connectivity index (χ4n) is 4.09. The highest BCUT2D eigenvalue weighted by Crippen LogP contribution is 2.39. The molecule has 4 aromatic carbocycles. The highest BCUT2D eigenvalue weighted by molar-refractivity contribution is 5.99. The lowest BCUT2D eigenvalue weighted by Crippen LogP contribution is -2.21. The number of hydrogen-bond acceptors (Lipinski definition) is 5. The zero-order valence-electron chi connectivity index (χ0n) is 18.5. The van der Waals surface area contributed by atoms with Crippen LogP contribution in [0.5, 0.6) is 11.5 Å². The number of carbonyl (C=O) groups excluding carboxylic acids is 1. The maximum absolute atomic E-state index is 12.8. The van der Waals surface area contributed by atoms with Crippen molar-refractivity contribution in [3.8, 4) is 11.5 Å². The lowest BCUT2D eigenvalue weighted by Gasteiger charge is -2.23. The normalized spacial score (nSPS) is 11.7. The average Bonchev–Trinajstić information content (AvgIpc) is 2.86. The molecule has 0 fully saturated rings. The summed E-state index contributed by atoms with van der Waals surface area (Å²) in [6, 6.07) is 28.9. The van der Waals surface area contributed by atoms with Crippen LogP contribution < -0.4 is 20.5 Å². The van der Waals surface area contributed by atoms with E-state index in [1.165, 1.54) is 0 Å². The van der Waals surface area contributed by atoms with Crippen LogP contribution in [0.3, 0.4) is 0 Å². The monoisotopic (exact) mass is 449 g/mol. The molecule has 5 rings (SSSR count). The maximum atomic E-state index is 12.8. The molecule has 168 valence electrons. The molecule has 0 aliphatic carbocycles. The predicted octanol–water partition coefficient (Wildman–Crippen LogP) is 4.34. The van der Waals surface area contributed by atoms with Crippen molar-refractivity contribution in [2.45, 2.75) is 0 Å². The summed E-state index contributed by atoms with van der Waals surface area (Å²) in [6.07, 6.45) is 0. The van der Waals surface area contributed by atoms with Crippen LogP contribution in [-0.4, -0.2) is 24.3 Å². The van der Waals surface area contributed by atoms with Crippen LogP contribution in [-0.2, 0) is 4.74 Å². The Bertz CT molecular complexity index is 1480. The smallest absolute Gasteiger partial charge is 0.338 e. The number of fused-ring (bicyclic) bond motifs is 2. The van der Waals surface area contributed by atoms with Gasteiger partial charge in [-0.3, -0.25) is 0 Å². The van der Waals surface area contributed by atoms with Crippen molar-refractivity contribution in [1.29, 1.82) is 0 Å². The first-order valence-electron chi connectivity index (χ1n) is 11.0. The Kier molecular flexibility index (Phi) is 5.85. The molecule has 0 amide bonds. The van der Waals surface area contributed by atoms with Crippen LogP contribution in [0.1, 0.15) is 21.5 Å². The summed E-state index contributed by atoms with van der Waals surface area (Å²) >= 11 is 0. The third-order valence-corrected chi connectivity index (χ3v) is 5.59. The summed E-state index contributed by atoms with van der Waals surface area (Å²) in [7, 11) is 0. The molecule has 0 aromatic heterocycles. The molecular weight excluding hydrogens is 426 g/mol. The van der Waals surface area contributed by atoms with Gasteiger partial charge in [-0.15, -0.1) is 0 Å². The van der Waals surface area contributed by atoms with E-state index in [4.69, 9.17) is 14.6 Å². The van der Waals surface area contributed by atoms with Gasteiger partial charge in [0.25, 0.3) is 0 Å². The van der Waals surface area contributed by atoms with Crippen LogP contribution in [0.25, 0.3) is 12.2 Å². The zero-order chi connectivity index (χ0) is 23.5. The fourth-order valence-corrected chi connectivity index (χ4v) is 4.09. The van der Waals surface area contributed by atoms with Crippen molar-refractivity contribution in [3.05, 3.63) is 118 Å². The molecule has 0 bridgehead atoms. The van der Waals surface area contributed by atoms with Gasteiger partial charge in [0.15, 0.2) is 0 Å². The van der Waals surface area contributed by atoms with E-state index in [0.29, 0.717) is 17.1 Å². The topological polar surface area (TPSA) is 67.8 Å². The molecule has 0 atom stereocenters. The molecule has 2 N–H and O–H groups in total. The molecule has 0 spiro atoms. The van der Waals surface area contributed by atoms with Gasteiger partial charge in [-0.1, -0.05) is 55.1 Å². The van der Waals surface area contributed by atoms with E-state index in [1.54, 1.807) is 12.1 Å². The number of hydrogen-bond donors (Lipinski definition) is 2. The maximum Gasteiger partial charge on any atom is 0.338 e. The van der Waals surface area contributed by atoms with E-state index in [9.17, 15) is 4.79 Å². The lowest BCUT2D eigenvalue weighted by molar-refractivity contribution is 0.0433. The van der Waals surface area contributed by atoms with E-state index >= 15 is 0 Å². The number of aliphatic hydroxyl groups excluding tert-OH is 1. The molecule has 1 aliphatic heterocycles. The van der Waals surface area contributed by atoms with Gasteiger partial charge in [0.1, 0.15) is 18.1 Å². The summed E-state index contributed by atoms with van der Waals surface area (Å²) in [5.74, 6) is 0.862. The van der Waals surface area contributed by atoms with Crippen molar-refractivity contribution in [3.63, 3.8) is 0 Å². The van der Waals surface area contributed by atoms with Gasteiger partial charge < -0.3 is 19.9 Å². The Labute approximate surface area is 197 Å². The summed E-state index contributed by atoms with van der Waals surface area (Å²) < 4.78 is 11.5. The van der Waals surface area contributed by atoms with Gasteiger partial charge in [-0.25, -0.2) is 4.79 Å². The van der Waals surface area contributed by atoms with E-state index < -0.39 is 5.97 Å². The average molecular weight is 450 g/mol. The highest BCUT2D eigenvalue weighted by atomic mass is 16.5. The molecule has 1 aliphatic rings. The largest absolute Gasteiger partial charge is 0.460 e. The van der Waals surface area contributed by atoms with Crippen molar-refractivity contribution in [2.75, 3.05) is 18.5 Å². The molecule has 4 aromatic rings. The molecular formula is C29H23NO4. The predicted molar refractivity (Wildman–Crippen MR) is 133 cm³/mol. The van der Waals surface area contributed by atoms with Crippen LogP contribution >= 0.6 is 0 Å². The summed E-state index contributed by atoms with van der Waals surface area (Å²) in [5, 5.41) is 14.2. The SMILES string of the molecule is C=c1ccc2c(c1)Oc1cc(Nc3ccccc3)ccc1C=2c1ccccc1C(=O)OCCO. The van der Waals surface area contributed by atoms with Crippen molar-refractivity contribution in [2.24, 2.45) is 0 Å². The van der Waals surface area contributed by atoms with Crippen molar-refractivity contribution in [1.82, 2.24) is 0 Å². The number of benzene rings is 4. The van der Waals surface area contributed by atoms with E-state index in [0.717, 1.165) is 38.5 Å². The first kappa shape index (κ1) is 21.5. The summed E-state index contributed by atoms with van der Waals surface area (Å²) in [6.45, 7) is 3.75. The number of rotatable bonds is 6. The number of ether oxygens (including phenoxy) is 2. The number of nitrogens with one attached hydrogen (secondary N) is 1. The van der Waals surface area contributed by atoms with Crippen LogP contribution in [0.15, 0.2) is 91.0 Å². The Morgan fingerprint density at radius 1 is 0.853 bits per heavy atom. The third-order valence-electron chi connectivity index (χ3n) is 5.59. The Morgan fingerprint density at radius 2 is 1.65 bits per heavy atom. The Hall–Kier alpha value is -4.35. The van der Waals surface area contributed by atoms with Gasteiger partial charge in [0.2, 0.25) is 0 Å². The number of aliphatic hydroxyl groups is 1. The van der Waals surface area contributed by atoms with Crippen molar-refractivity contribution >= 4 is 29.5 Å². The first-order chi connectivity index (χ1) is 16.6. The molecule has 0 radical (unpaired) electrons. The second kappa shape index (κ2) is 9.25. The summed E-state index contributed by atoms with van der Waals surface area (Å²) in [5.41, 5.74) is 4.75. The molecule has 0 saturated carbocycles. The molecule has 34 heavy (non-hydrogen) atoms. The second-order valence-electron chi connectivity index (χ2n) is 7.91. The van der Waals surface area contributed by atoms with Crippen molar-refractivity contribution < 1.29 is 19.4 Å². The number of anilines is 2. The fraction of sp³-hybridized carbons (Fsp3) is 0.0690. The number of esters is 1. The molecule has 0 saturated heterocycles. The minimum absolute atomic E-state index is 0.0574. The van der Waals surface area contributed by atoms with E-state index in [1.807, 2.05) is 78.9 Å². The van der Waals surface area contributed by atoms with Crippen LogP contribution in [0.4, 0.5) is 11.4 Å². The quantitative estimate of drug-likeness (QED) is 0.378. The Morgan fingerprint density at radius 3 is 2.47 bits per heavy atom. The second-order valence-corrected chi connectivity index (χ2v) is 7.91.